The monoisotopic (exact) mass is 230 g/mol. The van der Waals surface area contributed by atoms with Crippen molar-refractivity contribution in [3.8, 4) is 6.07 Å². The highest BCUT2D eigenvalue weighted by atomic mass is 32.2. The maximum Gasteiger partial charge on any atom is 0.141 e. The van der Waals surface area contributed by atoms with Crippen LogP contribution < -0.4 is 0 Å². The largest absolute Gasteiger partial charge is 0.245 e. The molecule has 16 heavy (non-hydrogen) atoms. The van der Waals surface area contributed by atoms with Crippen LogP contribution in [-0.2, 0) is 0 Å². The number of hydrogen-bond donors (Lipinski definition) is 0. The SMILES string of the molecule is N#Cc1cc(Sc2ccc(F)cc2)ccn1. The van der Waals surface area contributed by atoms with E-state index < -0.39 is 0 Å². The Morgan fingerprint density at radius 3 is 2.56 bits per heavy atom. The first kappa shape index (κ1) is 10.7. The smallest absolute Gasteiger partial charge is 0.141 e. The van der Waals surface area contributed by atoms with Crippen LogP contribution in [-0.4, -0.2) is 4.98 Å². The van der Waals surface area contributed by atoms with Crippen molar-refractivity contribution in [1.82, 2.24) is 4.98 Å². The first-order chi connectivity index (χ1) is 7.78. The molecule has 0 fully saturated rings. The molecule has 1 aromatic heterocycles. The summed E-state index contributed by atoms with van der Waals surface area (Å²) in [6.07, 6.45) is 1.59. The number of benzene rings is 1. The van der Waals surface area contributed by atoms with Crippen LogP contribution in [0.4, 0.5) is 4.39 Å². The maximum absolute atomic E-state index is 12.7. The number of rotatable bonds is 2. The van der Waals surface area contributed by atoms with Gasteiger partial charge in [0.25, 0.3) is 0 Å². The second kappa shape index (κ2) is 4.77. The molecule has 0 amide bonds. The zero-order valence-corrected chi connectivity index (χ0v) is 9.04. The van der Waals surface area contributed by atoms with Crippen molar-refractivity contribution in [3.63, 3.8) is 0 Å². The van der Waals surface area contributed by atoms with E-state index in [0.29, 0.717) is 5.69 Å². The molecule has 0 aliphatic heterocycles. The van der Waals surface area contributed by atoms with Gasteiger partial charge in [-0.25, -0.2) is 9.37 Å². The van der Waals surface area contributed by atoms with Gasteiger partial charge in [0.1, 0.15) is 17.6 Å². The summed E-state index contributed by atoms with van der Waals surface area (Å²) < 4.78 is 12.7. The quantitative estimate of drug-likeness (QED) is 0.794. The van der Waals surface area contributed by atoms with Gasteiger partial charge in [0, 0.05) is 16.0 Å². The first-order valence-corrected chi connectivity index (χ1v) is 5.39. The molecule has 0 radical (unpaired) electrons. The standard InChI is InChI=1S/C12H7FN2S/c13-9-1-3-11(4-2-9)16-12-5-6-15-10(7-12)8-14/h1-7H. The van der Waals surface area contributed by atoms with Gasteiger partial charge >= 0.3 is 0 Å². The number of aromatic nitrogens is 1. The van der Waals surface area contributed by atoms with Crippen LogP contribution in [0.2, 0.25) is 0 Å². The van der Waals surface area contributed by atoms with Crippen LogP contribution in [0.3, 0.4) is 0 Å². The van der Waals surface area contributed by atoms with Gasteiger partial charge in [-0.1, -0.05) is 11.8 Å². The third-order valence-electron chi connectivity index (χ3n) is 1.90. The first-order valence-electron chi connectivity index (χ1n) is 4.57. The van der Waals surface area contributed by atoms with Gasteiger partial charge in [-0.15, -0.1) is 0 Å². The molecule has 0 bridgehead atoms. The van der Waals surface area contributed by atoms with E-state index in [-0.39, 0.29) is 5.82 Å². The summed E-state index contributed by atoms with van der Waals surface area (Å²) in [4.78, 5) is 5.72. The molecule has 0 saturated heterocycles. The van der Waals surface area contributed by atoms with E-state index in [1.807, 2.05) is 12.1 Å². The lowest BCUT2D eigenvalue weighted by molar-refractivity contribution is 0.626. The Morgan fingerprint density at radius 1 is 1.12 bits per heavy atom. The van der Waals surface area contributed by atoms with Crippen molar-refractivity contribution >= 4 is 11.8 Å². The van der Waals surface area contributed by atoms with Crippen molar-refractivity contribution in [1.29, 1.82) is 5.26 Å². The Balaban J connectivity index is 2.21. The summed E-state index contributed by atoms with van der Waals surface area (Å²) in [5, 5.41) is 8.69. The predicted molar refractivity (Wildman–Crippen MR) is 59.5 cm³/mol. The van der Waals surface area contributed by atoms with Crippen LogP contribution in [0.15, 0.2) is 52.4 Å². The molecule has 0 aliphatic carbocycles. The van der Waals surface area contributed by atoms with Gasteiger partial charge in [-0.3, -0.25) is 0 Å². The Kier molecular flexibility index (Phi) is 3.18. The number of pyridine rings is 1. The third-order valence-corrected chi connectivity index (χ3v) is 2.89. The van der Waals surface area contributed by atoms with E-state index >= 15 is 0 Å². The molecule has 2 nitrogen and oxygen atoms in total. The lowest BCUT2D eigenvalue weighted by atomic mass is 10.3. The van der Waals surface area contributed by atoms with Gasteiger partial charge in [-0.05, 0) is 36.4 Å². The predicted octanol–water partition coefficient (Wildman–Crippen LogP) is 3.24. The van der Waals surface area contributed by atoms with E-state index in [2.05, 4.69) is 4.98 Å². The van der Waals surface area contributed by atoms with Crippen LogP contribution in [0.25, 0.3) is 0 Å². The average molecular weight is 230 g/mol. The summed E-state index contributed by atoms with van der Waals surface area (Å²) in [6, 6.07) is 11.7. The zero-order chi connectivity index (χ0) is 11.4. The molecule has 0 atom stereocenters. The molecule has 0 aliphatic rings. The number of hydrogen-bond acceptors (Lipinski definition) is 3. The molecule has 0 saturated carbocycles. The van der Waals surface area contributed by atoms with E-state index in [1.54, 1.807) is 24.4 Å². The second-order valence-corrected chi connectivity index (χ2v) is 4.19. The normalized spacial score (nSPS) is 9.75. The van der Waals surface area contributed by atoms with Crippen molar-refractivity contribution in [2.45, 2.75) is 9.79 Å². The number of halogens is 1. The van der Waals surface area contributed by atoms with Gasteiger partial charge in [0.2, 0.25) is 0 Å². The van der Waals surface area contributed by atoms with Crippen molar-refractivity contribution < 1.29 is 4.39 Å². The molecule has 0 N–H and O–H groups in total. The minimum atomic E-state index is -0.253. The Bertz CT molecular complexity index is 531. The minimum absolute atomic E-state index is 0.253. The van der Waals surface area contributed by atoms with Crippen LogP contribution in [0.1, 0.15) is 5.69 Å². The fourth-order valence-electron chi connectivity index (χ4n) is 1.17. The maximum atomic E-state index is 12.7. The minimum Gasteiger partial charge on any atom is -0.245 e. The van der Waals surface area contributed by atoms with Gasteiger partial charge in [-0.2, -0.15) is 5.26 Å². The molecule has 1 heterocycles. The fourth-order valence-corrected chi connectivity index (χ4v) is 2.02. The molecule has 4 heteroatoms. The Hall–Kier alpha value is -1.86. The molecular formula is C12H7FN2S. The van der Waals surface area contributed by atoms with Crippen molar-refractivity contribution in [2.24, 2.45) is 0 Å². The van der Waals surface area contributed by atoms with Crippen molar-refractivity contribution in [2.75, 3.05) is 0 Å². The highest BCUT2D eigenvalue weighted by molar-refractivity contribution is 7.99. The number of nitrogens with zero attached hydrogens (tertiary/aromatic N) is 2. The Labute approximate surface area is 96.8 Å². The summed E-state index contributed by atoms with van der Waals surface area (Å²) in [5.41, 5.74) is 0.382. The molecule has 2 aromatic rings. The Morgan fingerprint density at radius 2 is 1.88 bits per heavy atom. The fraction of sp³-hybridized carbons (Fsp3) is 0. The topological polar surface area (TPSA) is 36.7 Å². The summed E-state index contributed by atoms with van der Waals surface area (Å²) in [5.74, 6) is -0.253. The van der Waals surface area contributed by atoms with Gasteiger partial charge in [0.15, 0.2) is 0 Å². The van der Waals surface area contributed by atoms with Crippen LogP contribution in [0.5, 0.6) is 0 Å². The third kappa shape index (κ3) is 2.59. The average Bonchev–Trinajstić information content (AvgIpc) is 2.32. The van der Waals surface area contributed by atoms with E-state index in [4.69, 9.17) is 5.26 Å². The lowest BCUT2D eigenvalue weighted by Crippen LogP contribution is -1.82. The van der Waals surface area contributed by atoms with Crippen molar-refractivity contribution in [3.05, 3.63) is 54.1 Å². The van der Waals surface area contributed by atoms with E-state index in [1.165, 1.54) is 23.9 Å². The molecule has 2 rings (SSSR count). The summed E-state index contributed by atoms with van der Waals surface area (Å²) >= 11 is 1.47. The highest BCUT2D eigenvalue weighted by Crippen LogP contribution is 2.27. The van der Waals surface area contributed by atoms with Crippen LogP contribution >= 0.6 is 11.8 Å². The second-order valence-electron chi connectivity index (χ2n) is 3.04. The van der Waals surface area contributed by atoms with Gasteiger partial charge in [0.05, 0.1) is 0 Å². The number of nitriles is 1. The lowest BCUT2D eigenvalue weighted by Gasteiger charge is -2.01. The molecule has 0 spiro atoms. The molecule has 0 unspecified atom stereocenters. The van der Waals surface area contributed by atoms with E-state index in [0.717, 1.165) is 9.79 Å². The molecule has 78 valence electrons. The van der Waals surface area contributed by atoms with Gasteiger partial charge < -0.3 is 0 Å². The van der Waals surface area contributed by atoms with Crippen LogP contribution in [0, 0.1) is 17.1 Å². The summed E-state index contributed by atoms with van der Waals surface area (Å²) in [7, 11) is 0. The summed E-state index contributed by atoms with van der Waals surface area (Å²) in [6.45, 7) is 0. The highest BCUT2D eigenvalue weighted by Gasteiger charge is 1.99. The molecule has 1 aromatic carbocycles. The molecular weight excluding hydrogens is 223 g/mol. The zero-order valence-electron chi connectivity index (χ0n) is 8.22. The van der Waals surface area contributed by atoms with E-state index in [9.17, 15) is 4.39 Å².